The van der Waals surface area contributed by atoms with Crippen molar-refractivity contribution >= 4 is 28.5 Å². The molecule has 2 heterocycles. The van der Waals surface area contributed by atoms with Crippen molar-refractivity contribution in [3.05, 3.63) is 82.9 Å². The molecule has 0 bridgehead atoms. The highest BCUT2D eigenvalue weighted by atomic mass is 16.2. The second-order valence-electron chi connectivity index (χ2n) is 14.2. The highest BCUT2D eigenvalue weighted by Crippen LogP contribution is 2.32. The summed E-state index contributed by atoms with van der Waals surface area (Å²) in [4.78, 5) is 33.6. The number of amides is 2. The fourth-order valence-electron chi connectivity index (χ4n) is 6.80. The molecule has 1 aliphatic heterocycles. The van der Waals surface area contributed by atoms with Crippen molar-refractivity contribution in [1.82, 2.24) is 19.8 Å². The molecular weight excluding hydrogens is 570 g/mol. The van der Waals surface area contributed by atoms with Gasteiger partial charge >= 0.3 is 6.03 Å². The predicted octanol–water partition coefficient (Wildman–Crippen LogP) is 8.72. The summed E-state index contributed by atoms with van der Waals surface area (Å²) in [6, 6.07) is 20.4. The molecule has 2 atom stereocenters. The molecule has 0 aliphatic carbocycles. The second-order valence-corrected chi connectivity index (χ2v) is 14.2. The standard InChI is InChI=1S/C39H51N5O2/c1-26-16-17-27(2)31(23-26)37-40-35-25-30(18-19-36(35)44(37)22-12-21-43-20-11-10-13-28(43)3)34(24-29(4)45)42-38(46)41-33-15-9-8-14-32(33)39(5,6)7/h8-9,14-19,23,25,28,34H,10-13,20-22,24H2,1-7H3,(H2,41,42,46). The molecule has 2 unspecified atom stereocenters. The van der Waals surface area contributed by atoms with Crippen LogP contribution in [0.1, 0.15) is 95.0 Å². The van der Waals surface area contributed by atoms with E-state index < -0.39 is 6.04 Å². The highest BCUT2D eigenvalue weighted by molar-refractivity contribution is 5.91. The van der Waals surface area contributed by atoms with Gasteiger partial charge in [-0.1, -0.05) is 69.2 Å². The summed E-state index contributed by atoms with van der Waals surface area (Å²) in [5, 5.41) is 6.13. The van der Waals surface area contributed by atoms with Gasteiger partial charge in [-0.2, -0.15) is 0 Å². The van der Waals surface area contributed by atoms with Crippen molar-refractivity contribution in [2.24, 2.45) is 0 Å². The van der Waals surface area contributed by atoms with Gasteiger partial charge in [0.2, 0.25) is 0 Å². The number of nitrogens with one attached hydrogen (secondary N) is 2. The average molecular weight is 622 g/mol. The first-order chi connectivity index (χ1) is 21.9. The number of fused-ring (bicyclic) bond motifs is 1. The molecule has 4 aromatic rings. The number of ketones is 1. The minimum atomic E-state index is -0.487. The fourth-order valence-corrected chi connectivity index (χ4v) is 6.80. The number of carbonyl (C=O) groups excluding carboxylic acids is 2. The summed E-state index contributed by atoms with van der Waals surface area (Å²) < 4.78 is 2.36. The van der Waals surface area contributed by atoms with Gasteiger partial charge in [0.15, 0.2) is 0 Å². The van der Waals surface area contributed by atoms with Crippen LogP contribution >= 0.6 is 0 Å². The third kappa shape index (κ3) is 7.87. The zero-order valence-corrected chi connectivity index (χ0v) is 28.7. The summed E-state index contributed by atoms with van der Waals surface area (Å²) in [6.45, 7) is 17.7. The summed E-state index contributed by atoms with van der Waals surface area (Å²) in [5.41, 5.74) is 8.01. The van der Waals surface area contributed by atoms with E-state index in [0.717, 1.165) is 58.7 Å². The molecular formula is C39H51N5O2. The zero-order chi connectivity index (χ0) is 33.0. The first-order valence-corrected chi connectivity index (χ1v) is 16.9. The van der Waals surface area contributed by atoms with Crippen molar-refractivity contribution < 1.29 is 9.59 Å². The normalized spacial score (nSPS) is 16.4. The van der Waals surface area contributed by atoms with Gasteiger partial charge in [0, 0.05) is 36.8 Å². The van der Waals surface area contributed by atoms with Crippen LogP contribution in [-0.4, -0.2) is 45.4 Å². The fraction of sp³-hybridized carbons (Fsp3) is 0.462. The number of rotatable bonds is 10. The van der Waals surface area contributed by atoms with Crippen LogP contribution in [0.15, 0.2) is 60.7 Å². The molecule has 46 heavy (non-hydrogen) atoms. The number of nitrogens with zero attached hydrogens (tertiary/aromatic N) is 3. The first kappa shape index (κ1) is 33.4. The largest absolute Gasteiger partial charge is 0.331 e. The number of aryl methyl sites for hydroxylation is 3. The lowest BCUT2D eigenvalue weighted by atomic mass is 9.86. The number of aromatic nitrogens is 2. The topological polar surface area (TPSA) is 79.3 Å². The third-order valence-electron chi connectivity index (χ3n) is 9.36. The van der Waals surface area contributed by atoms with E-state index in [-0.39, 0.29) is 23.7 Å². The lowest BCUT2D eigenvalue weighted by molar-refractivity contribution is -0.117. The van der Waals surface area contributed by atoms with E-state index >= 15 is 0 Å². The highest BCUT2D eigenvalue weighted by Gasteiger charge is 2.23. The molecule has 1 aliphatic rings. The van der Waals surface area contributed by atoms with Crippen LogP contribution < -0.4 is 10.6 Å². The quantitative estimate of drug-likeness (QED) is 0.186. The average Bonchev–Trinajstić information content (AvgIpc) is 3.36. The Balaban J connectivity index is 1.45. The monoisotopic (exact) mass is 621 g/mol. The molecule has 5 rings (SSSR count). The zero-order valence-electron chi connectivity index (χ0n) is 28.7. The van der Waals surface area contributed by atoms with Crippen LogP contribution in [0.3, 0.4) is 0 Å². The number of carbonyl (C=O) groups is 2. The van der Waals surface area contributed by atoms with Crippen molar-refractivity contribution in [3.63, 3.8) is 0 Å². The smallest absolute Gasteiger partial charge is 0.319 e. The molecule has 2 amide bonds. The number of Topliss-reactive ketones (excluding diaryl/α,β-unsaturated/α-hetero) is 1. The van der Waals surface area contributed by atoms with Gasteiger partial charge in [-0.15, -0.1) is 0 Å². The maximum atomic E-state index is 13.3. The minimum absolute atomic E-state index is 0.00836. The van der Waals surface area contributed by atoms with Gasteiger partial charge in [0.1, 0.15) is 11.6 Å². The number of hydrogen-bond acceptors (Lipinski definition) is 4. The van der Waals surface area contributed by atoms with E-state index in [1.165, 1.54) is 36.9 Å². The Kier molecular flexibility index (Phi) is 10.3. The molecule has 1 aromatic heterocycles. The molecule has 7 nitrogen and oxygen atoms in total. The van der Waals surface area contributed by atoms with Crippen molar-refractivity contribution in [2.75, 3.05) is 18.4 Å². The molecule has 0 spiro atoms. The molecule has 244 valence electrons. The number of likely N-dealkylation sites (tertiary alicyclic amines) is 1. The van der Waals surface area contributed by atoms with Crippen LogP contribution in [0.25, 0.3) is 22.4 Å². The number of benzene rings is 3. The van der Waals surface area contributed by atoms with Crippen LogP contribution in [0.2, 0.25) is 0 Å². The van der Waals surface area contributed by atoms with Crippen LogP contribution in [-0.2, 0) is 16.8 Å². The second kappa shape index (κ2) is 14.2. The van der Waals surface area contributed by atoms with Crippen LogP contribution in [0, 0.1) is 13.8 Å². The van der Waals surface area contributed by atoms with Gasteiger partial charge in [-0.25, -0.2) is 9.78 Å². The van der Waals surface area contributed by atoms with Crippen molar-refractivity contribution in [1.29, 1.82) is 0 Å². The van der Waals surface area contributed by atoms with E-state index in [0.29, 0.717) is 6.04 Å². The van der Waals surface area contributed by atoms with Crippen molar-refractivity contribution in [3.8, 4) is 11.4 Å². The summed E-state index contributed by atoms with van der Waals surface area (Å²) >= 11 is 0. The predicted molar refractivity (Wildman–Crippen MR) is 189 cm³/mol. The van der Waals surface area contributed by atoms with E-state index in [4.69, 9.17) is 4.98 Å². The van der Waals surface area contributed by atoms with Gasteiger partial charge in [0.25, 0.3) is 0 Å². The Morgan fingerprint density at radius 3 is 2.52 bits per heavy atom. The maximum absolute atomic E-state index is 13.3. The number of piperidine rings is 1. The van der Waals surface area contributed by atoms with Gasteiger partial charge in [-0.3, -0.25) is 4.79 Å². The SMILES string of the molecule is CC(=O)CC(NC(=O)Nc1ccccc1C(C)(C)C)c1ccc2c(c1)nc(-c1cc(C)ccc1C)n2CCCN1CCCCC1C. The van der Waals surface area contributed by atoms with E-state index in [1.807, 2.05) is 36.4 Å². The number of imidazole rings is 1. The number of para-hydroxylation sites is 1. The summed E-state index contributed by atoms with van der Waals surface area (Å²) in [5.74, 6) is 0.974. The number of hydrogen-bond donors (Lipinski definition) is 2. The Morgan fingerprint density at radius 2 is 1.78 bits per heavy atom. The first-order valence-electron chi connectivity index (χ1n) is 16.9. The van der Waals surface area contributed by atoms with Crippen LogP contribution in [0.4, 0.5) is 10.5 Å². The maximum Gasteiger partial charge on any atom is 0.319 e. The Bertz CT molecular complexity index is 1700. The third-order valence-corrected chi connectivity index (χ3v) is 9.36. The molecule has 0 saturated carbocycles. The number of urea groups is 1. The Labute approximate surface area is 274 Å². The van der Waals surface area contributed by atoms with E-state index in [1.54, 1.807) is 6.92 Å². The van der Waals surface area contributed by atoms with E-state index in [9.17, 15) is 9.59 Å². The molecule has 1 saturated heterocycles. The molecule has 7 heteroatoms. The molecule has 3 aromatic carbocycles. The lowest BCUT2D eigenvalue weighted by Crippen LogP contribution is -2.38. The lowest BCUT2D eigenvalue weighted by Gasteiger charge is -2.33. The number of anilines is 1. The van der Waals surface area contributed by atoms with Gasteiger partial charge in [0.05, 0.1) is 17.1 Å². The summed E-state index contributed by atoms with van der Waals surface area (Å²) in [7, 11) is 0. The minimum Gasteiger partial charge on any atom is -0.331 e. The molecule has 1 fully saturated rings. The van der Waals surface area contributed by atoms with Gasteiger partial charge < -0.3 is 20.1 Å². The Morgan fingerprint density at radius 1 is 1.00 bits per heavy atom. The Hall–Kier alpha value is -3.97. The van der Waals surface area contributed by atoms with E-state index in [2.05, 4.69) is 85.9 Å². The molecule has 0 radical (unpaired) electrons. The summed E-state index contributed by atoms with van der Waals surface area (Å²) in [6.07, 6.45) is 5.12. The molecule has 2 N–H and O–H groups in total. The van der Waals surface area contributed by atoms with Crippen molar-refractivity contribution in [2.45, 2.75) is 105 Å². The van der Waals surface area contributed by atoms with Gasteiger partial charge in [-0.05, 0) is 99.9 Å². The van der Waals surface area contributed by atoms with Crippen LogP contribution in [0.5, 0.6) is 0 Å².